The number of pyridine rings is 1. The van der Waals surface area contributed by atoms with Gasteiger partial charge in [0.15, 0.2) is 11.6 Å². The molecule has 0 fully saturated rings. The average Bonchev–Trinajstić information content (AvgIpc) is 3.14. The number of hydrogen-bond donors (Lipinski definition) is 0. The van der Waals surface area contributed by atoms with Crippen LogP contribution in [0.5, 0.6) is 0 Å². The van der Waals surface area contributed by atoms with E-state index in [4.69, 9.17) is 4.98 Å². The first kappa shape index (κ1) is 17.6. The Kier molecular flexibility index (Phi) is 4.59. The van der Waals surface area contributed by atoms with E-state index in [1.165, 1.54) is 0 Å². The van der Waals surface area contributed by atoms with Gasteiger partial charge < -0.3 is 9.47 Å². The SMILES string of the molecule is CCc1cc(N2CCn3c(C(C)C)nnc3C2C)nc(-c2ccccn2)n1. The Labute approximate surface area is 159 Å². The van der Waals surface area contributed by atoms with Crippen LogP contribution in [0.25, 0.3) is 11.5 Å². The highest BCUT2D eigenvalue weighted by Gasteiger charge is 2.30. The number of rotatable bonds is 4. The van der Waals surface area contributed by atoms with E-state index in [0.717, 1.165) is 48.4 Å². The minimum atomic E-state index is 0.106. The maximum Gasteiger partial charge on any atom is 0.180 e. The molecule has 0 radical (unpaired) electrons. The number of nitrogens with zero attached hydrogens (tertiary/aromatic N) is 7. The molecule has 1 aliphatic rings. The van der Waals surface area contributed by atoms with Gasteiger partial charge in [0.1, 0.15) is 17.3 Å². The molecule has 1 aliphatic heterocycles. The minimum Gasteiger partial charge on any atom is -0.345 e. The summed E-state index contributed by atoms with van der Waals surface area (Å²) in [4.78, 5) is 16.2. The van der Waals surface area contributed by atoms with Gasteiger partial charge in [0.05, 0.1) is 6.04 Å². The van der Waals surface area contributed by atoms with E-state index in [2.05, 4.69) is 63.4 Å². The van der Waals surface area contributed by atoms with Crippen LogP contribution < -0.4 is 4.90 Å². The minimum absolute atomic E-state index is 0.106. The van der Waals surface area contributed by atoms with Crippen molar-refractivity contribution in [1.29, 1.82) is 0 Å². The van der Waals surface area contributed by atoms with E-state index in [1.807, 2.05) is 18.2 Å². The van der Waals surface area contributed by atoms with Gasteiger partial charge in [-0.25, -0.2) is 9.97 Å². The van der Waals surface area contributed by atoms with Crippen LogP contribution in [-0.2, 0) is 13.0 Å². The molecule has 1 atom stereocenters. The Bertz CT molecular complexity index is 933. The Morgan fingerprint density at radius 3 is 2.70 bits per heavy atom. The summed E-state index contributed by atoms with van der Waals surface area (Å²) in [6, 6.07) is 8.00. The molecule has 0 bridgehead atoms. The standard InChI is InChI=1S/C20H25N7/c1-5-15-12-17(23-18(22-15)16-8-6-7-9-21-16)26-10-11-27-19(13(2)3)24-25-20(27)14(26)4/h6-9,12-14H,5,10-11H2,1-4H3. The first-order valence-corrected chi connectivity index (χ1v) is 9.57. The van der Waals surface area contributed by atoms with Crippen LogP contribution in [0.4, 0.5) is 5.82 Å². The first-order chi connectivity index (χ1) is 13.1. The van der Waals surface area contributed by atoms with E-state index in [-0.39, 0.29) is 6.04 Å². The van der Waals surface area contributed by atoms with Crippen LogP contribution >= 0.6 is 0 Å². The Morgan fingerprint density at radius 2 is 2.00 bits per heavy atom. The summed E-state index contributed by atoms with van der Waals surface area (Å²) in [6.45, 7) is 10.3. The van der Waals surface area contributed by atoms with Gasteiger partial charge in [0.2, 0.25) is 0 Å². The second-order valence-corrected chi connectivity index (χ2v) is 7.20. The topological polar surface area (TPSA) is 72.6 Å². The van der Waals surface area contributed by atoms with Crippen LogP contribution in [0.3, 0.4) is 0 Å². The van der Waals surface area contributed by atoms with Gasteiger partial charge in [-0.1, -0.05) is 26.8 Å². The molecule has 7 nitrogen and oxygen atoms in total. The normalized spacial score (nSPS) is 16.6. The summed E-state index contributed by atoms with van der Waals surface area (Å²) in [5, 5.41) is 8.89. The third-order valence-electron chi connectivity index (χ3n) is 5.05. The molecule has 0 saturated carbocycles. The lowest BCUT2D eigenvalue weighted by Gasteiger charge is -2.35. The lowest BCUT2D eigenvalue weighted by molar-refractivity contribution is 0.476. The van der Waals surface area contributed by atoms with Crippen LogP contribution in [0.15, 0.2) is 30.5 Å². The lowest BCUT2D eigenvalue weighted by Crippen LogP contribution is -2.38. The van der Waals surface area contributed by atoms with Crippen molar-refractivity contribution in [2.75, 3.05) is 11.4 Å². The third kappa shape index (κ3) is 3.18. The van der Waals surface area contributed by atoms with Crippen molar-refractivity contribution in [2.24, 2.45) is 0 Å². The van der Waals surface area contributed by atoms with Crippen LogP contribution in [0.2, 0.25) is 0 Å². The monoisotopic (exact) mass is 363 g/mol. The van der Waals surface area contributed by atoms with E-state index < -0.39 is 0 Å². The maximum atomic E-state index is 4.84. The van der Waals surface area contributed by atoms with Crippen molar-refractivity contribution in [2.45, 2.75) is 52.6 Å². The zero-order valence-corrected chi connectivity index (χ0v) is 16.3. The van der Waals surface area contributed by atoms with E-state index in [9.17, 15) is 0 Å². The number of aryl methyl sites for hydroxylation is 1. The summed E-state index contributed by atoms with van der Waals surface area (Å²) < 4.78 is 2.26. The van der Waals surface area contributed by atoms with Crippen molar-refractivity contribution in [3.8, 4) is 11.5 Å². The average molecular weight is 363 g/mol. The molecule has 4 heterocycles. The van der Waals surface area contributed by atoms with E-state index >= 15 is 0 Å². The number of fused-ring (bicyclic) bond motifs is 1. The Morgan fingerprint density at radius 1 is 1.15 bits per heavy atom. The third-order valence-corrected chi connectivity index (χ3v) is 5.05. The van der Waals surface area contributed by atoms with Gasteiger partial charge in [-0.05, 0) is 25.5 Å². The van der Waals surface area contributed by atoms with Gasteiger partial charge in [0.25, 0.3) is 0 Å². The van der Waals surface area contributed by atoms with E-state index in [0.29, 0.717) is 11.7 Å². The molecule has 4 rings (SSSR count). The van der Waals surface area contributed by atoms with Gasteiger partial charge in [-0.15, -0.1) is 10.2 Å². The molecule has 1 unspecified atom stereocenters. The molecule has 0 aliphatic carbocycles. The fourth-order valence-electron chi connectivity index (χ4n) is 3.57. The van der Waals surface area contributed by atoms with Crippen molar-refractivity contribution in [3.05, 3.63) is 47.8 Å². The second kappa shape index (κ2) is 7.06. The predicted octanol–water partition coefficient (Wildman–Crippen LogP) is 3.40. The molecule has 0 amide bonds. The molecule has 0 saturated heterocycles. The molecular formula is C20H25N7. The molecule has 0 N–H and O–H groups in total. The smallest absolute Gasteiger partial charge is 0.180 e. The van der Waals surface area contributed by atoms with Crippen molar-refractivity contribution in [1.82, 2.24) is 29.7 Å². The van der Waals surface area contributed by atoms with Gasteiger partial charge in [-0.3, -0.25) is 4.98 Å². The number of aromatic nitrogens is 6. The zero-order chi connectivity index (χ0) is 19.0. The molecule has 27 heavy (non-hydrogen) atoms. The second-order valence-electron chi connectivity index (χ2n) is 7.20. The summed E-state index contributed by atoms with van der Waals surface area (Å²) in [6.07, 6.45) is 2.63. The molecular weight excluding hydrogens is 338 g/mol. The summed E-state index contributed by atoms with van der Waals surface area (Å²) in [5.41, 5.74) is 1.81. The van der Waals surface area contributed by atoms with Gasteiger partial charge in [-0.2, -0.15) is 0 Å². The molecule has 3 aromatic rings. The number of hydrogen-bond acceptors (Lipinski definition) is 6. The highest BCUT2D eigenvalue weighted by atomic mass is 15.4. The van der Waals surface area contributed by atoms with Crippen LogP contribution in [0, 0.1) is 0 Å². The quantitative estimate of drug-likeness (QED) is 0.707. The van der Waals surface area contributed by atoms with E-state index in [1.54, 1.807) is 6.20 Å². The van der Waals surface area contributed by atoms with Gasteiger partial charge in [0, 0.05) is 37.0 Å². The van der Waals surface area contributed by atoms with Crippen LogP contribution in [0.1, 0.15) is 57.0 Å². The lowest BCUT2D eigenvalue weighted by atomic mass is 10.1. The Balaban J connectivity index is 1.73. The largest absolute Gasteiger partial charge is 0.345 e. The van der Waals surface area contributed by atoms with Gasteiger partial charge >= 0.3 is 0 Å². The molecule has 140 valence electrons. The van der Waals surface area contributed by atoms with Crippen LogP contribution in [-0.4, -0.2) is 36.3 Å². The number of anilines is 1. The van der Waals surface area contributed by atoms with Crippen molar-refractivity contribution in [3.63, 3.8) is 0 Å². The Hall–Kier alpha value is -2.83. The zero-order valence-electron chi connectivity index (χ0n) is 16.3. The first-order valence-electron chi connectivity index (χ1n) is 9.57. The molecule has 3 aromatic heterocycles. The molecule has 0 aromatic carbocycles. The maximum absolute atomic E-state index is 4.84. The summed E-state index contributed by atoms with van der Waals surface area (Å²) >= 11 is 0. The molecule has 0 spiro atoms. The fourth-order valence-corrected chi connectivity index (χ4v) is 3.57. The molecule has 7 heteroatoms. The van der Waals surface area contributed by atoms with Crippen molar-refractivity contribution >= 4 is 5.82 Å². The summed E-state index contributed by atoms with van der Waals surface area (Å²) in [5.74, 6) is 4.03. The predicted molar refractivity (Wildman–Crippen MR) is 105 cm³/mol. The summed E-state index contributed by atoms with van der Waals surface area (Å²) in [7, 11) is 0. The van der Waals surface area contributed by atoms with Crippen molar-refractivity contribution < 1.29 is 0 Å². The highest BCUT2D eigenvalue weighted by Crippen LogP contribution is 2.31. The fraction of sp³-hybridized carbons (Fsp3) is 0.450. The highest BCUT2D eigenvalue weighted by molar-refractivity contribution is 5.54.